The molecule has 1 aliphatic rings. The van der Waals surface area contributed by atoms with E-state index in [1.54, 1.807) is 0 Å². The number of hydrogen-bond acceptors (Lipinski definition) is 3. The second-order valence-electron chi connectivity index (χ2n) is 3.31. The quantitative estimate of drug-likeness (QED) is 0.514. The SMILES string of the molecule is C/C=C1\CNCCC1CC(=O)OC. The Morgan fingerprint density at radius 2 is 2.54 bits per heavy atom. The molecule has 1 atom stereocenters. The molecule has 0 amide bonds. The molecular formula is C10H17NO2. The van der Waals surface area contributed by atoms with Gasteiger partial charge in [-0.3, -0.25) is 4.79 Å². The molecule has 1 saturated heterocycles. The van der Waals surface area contributed by atoms with Gasteiger partial charge in [0.2, 0.25) is 0 Å². The lowest BCUT2D eigenvalue weighted by Crippen LogP contribution is -2.31. The maximum absolute atomic E-state index is 11.1. The largest absolute Gasteiger partial charge is 0.469 e. The van der Waals surface area contributed by atoms with Gasteiger partial charge < -0.3 is 10.1 Å². The van der Waals surface area contributed by atoms with Gasteiger partial charge in [0, 0.05) is 6.54 Å². The van der Waals surface area contributed by atoms with Gasteiger partial charge in [0.05, 0.1) is 13.5 Å². The lowest BCUT2D eigenvalue weighted by Gasteiger charge is -2.25. The Morgan fingerprint density at radius 1 is 1.77 bits per heavy atom. The molecule has 1 heterocycles. The van der Waals surface area contributed by atoms with E-state index in [1.807, 2.05) is 6.92 Å². The fourth-order valence-electron chi connectivity index (χ4n) is 1.69. The Bertz CT molecular complexity index is 211. The molecule has 13 heavy (non-hydrogen) atoms. The number of hydrogen-bond donors (Lipinski definition) is 1. The number of methoxy groups -OCH3 is 1. The lowest BCUT2D eigenvalue weighted by molar-refractivity contribution is -0.141. The molecule has 0 bridgehead atoms. The monoisotopic (exact) mass is 183 g/mol. The molecule has 1 rings (SSSR count). The molecule has 0 aliphatic carbocycles. The molecule has 0 aromatic heterocycles. The molecule has 3 nitrogen and oxygen atoms in total. The fourth-order valence-corrected chi connectivity index (χ4v) is 1.69. The van der Waals surface area contributed by atoms with Crippen LogP contribution in [0.3, 0.4) is 0 Å². The van der Waals surface area contributed by atoms with Crippen molar-refractivity contribution in [3.05, 3.63) is 11.6 Å². The first-order chi connectivity index (χ1) is 6.27. The Labute approximate surface area is 79.2 Å². The summed E-state index contributed by atoms with van der Waals surface area (Å²) in [6.07, 6.45) is 3.66. The van der Waals surface area contributed by atoms with Crippen LogP contribution >= 0.6 is 0 Å². The van der Waals surface area contributed by atoms with Crippen molar-refractivity contribution in [1.82, 2.24) is 5.32 Å². The standard InChI is InChI=1S/C10H17NO2/c1-3-8-7-11-5-4-9(8)6-10(12)13-2/h3,9,11H,4-7H2,1-2H3/b8-3+. The number of esters is 1. The summed E-state index contributed by atoms with van der Waals surface area (Å²) in [6, 6.07) is 0. The number of carbonyl (C=O) groups excluding carboxylic acids is 1. The van der Waals surface area contributed by atoms with E-state index < -0.39 is 0 Å². The molecule has 0 saturated carbocycles. The van der Waals surface area contributed by atoms with Crippen molar-refractivity contribution in [2.75, 3.05) is 20.2 Å². The molecule has 1 aliphatic heterocycles. The Kier molecular flexibility index (Phi) is 3.96. The zero-order valence-corrected chi connectivity index (χ0v) is 8.30. The highest BCUT2D eigenvalue weighted by Gasteiger charge is 2.20. The van der Waals surface area contributed by atoms with Gasteiger partial charge in [-0.1, -0.05) is 11.6 Å². The third kappa shape index (κ3) is 2.84. The summed E-state index contributed by atoms with van der Waals surface area (Å²) < 4.78 is 4.66. The Hall–Kier alpha value is -0.830. The minimum absolute atomic E-state index is 0.105. The number of piperidine rings is 1. The van der Waals surface area contributed by atoms with Crippen LogP contribution in [0.25, 0.3) is 0 Å². The van der Waals surface area contributed by atoms with Gasteiger partial charge in [-0.05, 0) is 25.8 Å². The van der Waals surface area contributed by atoms with Crippen LogP contribution in [0.2, 0.25) is 0 Å². The smallest absolute Gasteiger partial charge is 0.306 e. The molecular weight excluding hydrogens is 166 g/mol. The first-order valence-corrected chi connectivity index (χ1v) is 4.70. The first kappa shape index (κ1) is 10.3. The van der Waals surface area contributed by atoms with Gasteiger partial charge in [0.15, 0.2) is 0 Å². The average Bonchev–Trinajstić information content (AvgIpc) is 2.18. The van der Waals surface area contributed by atoms with E-state index in [0.717, 1.165) is 19.5 Å². The maximum atomic E-state index is 11.1. The van der Waals surface area contributed by atoms with Crippen molar-refractivity contribution in [3.8, 4) is 0 Å². The van der Waals surface area contributed by atoms with Crippen molar-refractivity contribution in [1.29, 1.82) is 0 Å². The van der Waals surface area contributed by atoms with E-state index >= 15 is 0 Å². The normalized spacial score (nSPS) is 26.0. The van der Waals surface area contributed by atoms with Gasteiger partial charge in [0.25, 0.3) is 0 Å². The summed E-state index contributed by atoms with van der Waals surface area (Å²) in [7, 11) is 1.44. The highest BCUT2D eigenvalue weighted by atomic mass is 16.5. The second kappa shape index (κ2) is 5.02. The maximum Gasteiger partial charge on any atom is 0.306 e. The fraction of sp³-hybridized carbons (Fsp3) is 0.700. The van der Waals surface area contributed by atoms with Crippen molar-refractivity contribution in [3.63, 3.8) is 0 Å². The first-order valence-electron chi connectivity index (χ1n) is 4.70. The summed E-state index contributed by atoms with van der Waals surface area (Å²) in [5, 5.41) is 3.29. The number of rotatable bonds is 2. The van der Waals surface area contributed by atoms with Crippen molar-refractivity contribution < 1.29 is 9.53 Å². The van der Waals surface area contributed by atoms with Crippen LogP contribution in [0.5, 0.6) is 0 Å². The van der Waals surface area contributed by atoms with Gasteiger partial charge >= 0.3 is 5.97 Å². The Morgan fingerprint density at radius 3 is 3.15 bits per heavy atom. The zero-order chi connectivity index (χ0) is 9.68. The van der Waals surface area contributed by atoms with Crippen molar-refractivity contribution in [2.45, 2.75) is 19.8 Å². The molecule has 1 fully saturated rings. The molecule has 0 spiro atoms. The third-order valence-corrected chi connectivity index (χ3v) is 2.53. The van der Waals surface area contributed by atoms with E-state index in [4.69, 9.17) is 0 Å². The van der Waals surface area contributed by atoms with Crippen LogP contribution in [-0.2, 0) is 9.53 Å². The van der Waals surface area contributed by atoms with E-state index in [0.29, 0.717) is 12.3 Å². The van der Waals surface area contributed by atoms with Crippen LogP contribution in [0.1, 0.15) is 19.8 Å². The van der Waals surface area contributed by atoms with Crippen molar-refractivity contribution in [2.24, 2.45) is 5.92 Å². The van der Waals surface area contributed by atoms with E-state index in [2.05, 4.69) is 16.1 Å². The van der Waals surface area contributed by atoms with Gasteiger partial charge in [-0.15, -0.1) is 0 Å². The molecule has 74 valence electrons. The molecule has 3 heteroatoms. The minimum Gasteiger partial charge on any atom is -0.469 e. The predicted octanol–water partition coefficient (Wildman–Crippen LogP) is 1.11. The summed E-state index contributed by atoms with van der Waals surface area (Å²) >= 11 is 0. The molecule has 1 N–H and O–H groups in total. The van der Waals surface area contributed by atoms with Crippen LogP contribution in [-0.4, -0.2) is 26.2 Å². The highest BCUT2D eigenvalue weighted by Crippen LogP contribution is 2.21. The van der Waals surface area contributed by atoms with Crippen LogP contribution in [0.15, 0.2) is 11.6 Å². The van der Waals surface area contributed by atoms with E-state index in [1.165, 1.54) is 12.7 Å². The number of allylic oxidation sites excluding steroid dienone is 1. The number of carbonyl (C=O) groups is 1. The molecule has 0 radical (unpaired) electrons. The molecule has 1 unspecified atom stereocenters. The van der Waals surface area contributed by atoms with E-state index in [9.17, 15) is 4.79 Å². The van der Waals surface area contributed by atoms with Crippen molar-refractivity contribution >= 4 is 5.97 Å². The summed E-state index contributed by atoms with van der Waals surface area (Å²) in [6.45, 7) is 3.93. The summed E-state index contributed by atoms with van der Waals surface area (Å²) in [5.74, 6) is 0.282. The molecule has 0 aromatic carbocycles. The Balaban J connectivity index is 2.50. The van der Waals surface area contributed by atoms with Crippen LogP contribution in [0, 0.1) is 5.92 Å². The average molecular weight is 183 g/mol. The van der Waals surface area contributed by atoms with Crippen LogP contribution < -0.4 is 5.32 Å². The van der Waals surface area contributed by atoms with Gasteiger partial charge in [-0.25, -0.2) is 0 Å². The molecule has 0 aromatic rings. The van der Waals surface area contributed by atoms with Crippen LogP contribution in [0.4, 0.5) is 0 Å². The second-order valence-corrected chi connectivity index (χ2v) is 3.31. The summed E-state index contributed by atoms with van der Waals surface area (Å²) in [4.78, 5) is 11.1. The zero-order valence-electron chi connectivity index (χ0n) is 8.30. The predicted molar refractivity (Wildman–Crippen MR) is 51.4 cm³/mol. The topological polar surface area (TPSA) is 38.3 Å². The van der Waals surface area contributed by atoms with Gasteiger partial charge in [0.1, 0.15) is 0 Å². The van der Waals surface area contributed by atoms with E-state index in [-0.39, 0.29) is 5.97 Å². The highest BCUT2D eigenvalue weighted by molar-refractivity contribution is 5.70. The van der Waals surface area contributed by atoms with Gasteiger partial charge in [-0.2, -0.15) is 0 Å². The summed E-state index contributed by atoms with van der Waals surface area (Å²) in [5.41, 5.74) is 1.33. The minimum atomic E-state index is -0.105. The number of ether oxygens (including phenoxy) is 1. The number of nitrogens with one attached hydrogen (secondary N) is 1. The third-order valence-electron chi connectivity index (χ3n) is 2.53. The lowest BCUT2D eigenvalue weighted by atomic mass is 9.89.